The number of likely N-dealkylation sites (N-methyl/N-ethyl adjacent to an activating group) is 1. The summed E-state index contributed by atoms with van der Waals surface area (Å²) in [5, 5.41) is 0.0697. The molecule has 210 valence electrons. The number of rotatable bonds is 7. The maximum absolute atomic E-state index is 13.9. The van der Waals surface area contributed by atoms with Gasteiger partial charge >= 0.3 is 0 Å². The summed E-state index contributed by atoms with van der Waals surface area (Å²) in [6, 6.07) is 7.84. The van der Waals surface area contributed by atoms with E-state index < -0.39 is 15.6 Å². The summed E-state index contributed by atoms with van der Waals surface area (Å²) < 4.78 is 35.9. The molecule has 0 N–H and O–H groups in total. The molecule has 1 aliphatic heterocycles. The first kappa shape index (κ1) is 27.6. The van der Waals surface area contributed by atoms with E-state index in [1.165, 1.54) is 33.0 Å². The van der Waals surface area contributed by atoms with Gasteiger partial charge in [0.25, 0.3) is 5.56 Å². The Labute approximate surface area is 232 Å². The van der Waals surface area contributed by atoms with Gasteiger partial charge in [0.2, 0.25) is 15.9 Å². The standard InChI is InChI=1S/C27H35N5O5S2/c1-19-25(39(35,36)32-15-13-30(14-16-32)21-11-7-8-12-22(21)37-3)24-26(38-19)28-18-31(27(24)34)17-23(33)29(2)20-9-5-4-6-10-20/h7-8,11-12,18,20H,4-6,9-10,13-17H2,1-3H3. The van der Waals surface area contributed by atoms with Crippen LogP contribution in [0.3, 0.4) is 0 Å². The number of nitrogens with zero attached hydrogens (tertiary/aromatic N) is 5. The number of ether oxygens (including phenoxy) is 1. The third-order valence-electron chi connectivity index (χ3n) is 7.88. The minimum Gasteiger partial charge on any atom is -0.495 e. The summed E-state index contributed by atoms with van der Waals surface area (Å²) in [7, 11) is -0.561. The van der Waals surface area contributed by atoms with Gasteiger partial charge < -0.3 is 14.5 Å². The van der Waals surface area contributed by atoms with Crippen molar-refractivity contribution < 1.29 is 17.9 Å². The number of aryl methyl sites for hydroxylation is 1. The molecule has 10 nitrogen and oxygen atoms in total. The minimum absolute atomic E-state index is 0.00757. The van der Waals surface area contributed by atoms with E-state index in [1.54, 1.807) is 26.0 Å². The summed E-state index contributed by atoms with van der Waals surface area (Å²) in [5.41, 5.74) is 0.421. The first-order valence-electron chi connectivity index (χ1n) is 13.3. The number of anilines is 1. The van der Waals surface area contributed by atoms with Gasteiger partial charge in [-0.1, -0.05) is 31.4 Å². The molecular weight excluding hydrogens is 538 g/mol. The largest absolute Gasteiger partial charge is 0.495 e. The quantitative estimate of drug-likeness (QED) is 0.428. The topological polar surface area (TPSA) is 105 Å². The molecule has 0 unspecified atom stereocenters. The van der Waals surface area contributed by atoms with Crippen LogP contribution in [0.5, 0.6) is 5.75 Å². The lowest BCUT2D eigenvalue weighted by Gasteiger charge is -2.36. The van der Waals surface area contributed by atoms with Crippen LogP contribution in [0.1, 0.15) is 37.0 Å². The van der Waals surface area contributed by atoms with Gasteiger partial charge in [0, 0.05) is 44.1 Å². The Hall–Kier alpha value is -2.96. The smallest absolute Gasteiger partial charge is 0.263 e. The monoisotopic (exact) mass is 573 g/mol. The highest BCUT2D eigenvalue weighted by atomic mass is 32.2. The van der Waals surface area contributed by atoms with Gasteiger partial charge in [-0.25, -0.2) is 13.4 Å². The lowest BCUT2D eigenvalue weighted by atomic mass is 9.94. The van der Waals surface area contributed by atoms with Crippen LogP contribution in [0.25, 0.3) is 10.2 Å². The van der Waals surface area contributed by atoms with Crippen molar-refractivity contribution in [2.45, 2.75) is 56.5 Å². The molecule has 5 rings (SSSR count). The third kappa shape index (κ3) is 5.29. The molecule has 2 fully saturated rings. The lowest BCUT2D eigenvalue weighted by molar-refractivity contribution is -0.133. The molecule has 2 aromatic heterocycles. The molecule has 0 radical (unpaired) electrons. The number of carbonyl (C=O) groups excluding carboxylic acids is 1. The van der Waals surface area contributed by atoms with Crippen LogP contribution in [-0.2, 0) is 21.4 Å². The average molecular weight is 574 g/mol. The van der Waals surface area contributed by atoms with Crippen LogP contribution in [0, 0.1) is 6.92 Å². The van der Waals surface area contributed by atoms with Gasteiger partial charge in [0.15, 0.2) is 0 Å². The normalized spacial score (nSPS) is 17.5. The maximum atomic E-state index is 13.9. The minimum atomic E-state index is -3.96. The molecule has 1 aromatic carbocycles. The van der Waals surface area contributed by atoms with Crippen LogP contribution in [0.15, 0.2) is 40.3 Å². The second kappa shape index (κ2) is 11.3. The van der Waals surface area contributed by atoms with Gasteiger partial charge in [0.05, 0.1) is 24.5 Å². The van der Waals surface area contributed by atoms with Gasteiger partial charge in [-0.15, -0.1) is 11.3 Å². The number of thiophene rings is 1. The Bertz CT molecular complexity index is 1520. The number of benzene rings is 1. The zero-order chi connectivity index (χ0) is 27.7. The lowest BCUT2D eigenvalue weighted by Crippen LogP contribution is -2.49. The SMILES string of the molecule is COc1ccccc1N1CCN(S(=O)(=O)c2c(C)sc3ncn(CC(=O)N(C)C4CCCCC4)c(=O)c23)CC1. The molecule has 12 heteroatoms. The van der Waals surface area contributed by atoms with E-state index in [1.807, 2.05) is 24.3 Å². The predicted octanol–water partition coefficient (Wildman–Crippen LogP) is 3.08. The van der Waals surface area contributed by atoms with Crippen LogP contribution in [0.2, 0.25) is 0 Å². The fourth-order valence-corrected chi connectivity index (χ4v) is 8.74. The average Bonchev–Trinajstić information content (AvgIpc) is 3.32. The maximum Gasteiger partial charge on any atom is 0.263 e. The number of piperazine rings is 1. The van der Waals surface area contributed by atoms with Crippen LogP contribution < -0.4 is 15.2 Å². The van der Waals surface area contributed by atoms with Crippen molar-refractivity contribution in [1.29, 1.82) is 0 Å². The Kier molecular flexibility index (Phi) is 7.97. The highest BCUT2D eigenvalue weighted by Crippen LogP contribution is 2.34. The number of methoxy groups -OCH3 is 1. The second-order valence-corrected chi connectivity index (χ2v) is 13.3. The van der Waals surface area contributed by atoms with E-state index in [-0.39, 0.29) is 41.9 Å². The van der Waals surface area contributed by atoms with Crippen LogP contribution in [-0.4, -0.2) is 79.5 Å². The number of para-hydroxylation sites is 2. The Morgan fingerprint density at radius 3 is 2.51 bits per heavy atom. The number of aromatic nitrogens is 2. The first-order valence-corrected chi connectivity index (χ1v) is 15.6. The number of amides is 1. The second-order valence-electron chi connectivity index (χ2n) is 10.2. The van der Waals surface area contributed by atoms with Crippen molar-refractivity contribution in [3.8, 4) is 5.75 Å². The van der Waals surface area contributed by atoms with E-state index in [4.69, 9.17) is 4.74 Å². The molecule has 0 atom stereocenters. The molecule has 0 spiro atoms. The Balaban J connectivity index is 1.39. The molecule has 1 amide bonds. The molecule has 1 saturated carbocycles. The highest BCUT2D eigenvalue weighted by Gasteiger charge is 2.34. The first-order chi connectivity index (χ1) is 18.7. The number of hydrogen-bond acceptors (Lipinski definition) is 8. The van der Waals surface area contributed by atoms with Crippen molar-refractivity contribution in [2.24, 2.45) is 0 Å². The van der Waals surface area contributed by atoms with Crippen molar-refractivity contribution >= 4 is 43.2 Å². The molecular formula is C27H35N5O5S2. The van der Waals surface area contributed by atoms with Crippen LogP contribution in [0.4, 0.5) is 5.69 Å². The Morgan fingerprint density at radius 2 is 1.82 bits per heavy atom. The van der Waals surface area contributed by atoms with E-state index in [9.17, 15) is 18.0 Å². The van der Waals surface area contributed by atoms with E-state index in [0.29, 0.717) is 22.8 Å². The number of sulfonamides is 1. The molecule has 1 aliphatic carbocycles. The van der Waals surface area contributed by atoms with Crippen molar-refractivity contribution in [2.75, 3.05) is 45.2 Å². The van der Waals surface area contributed by atoms with Crippen molar-refractivity contribution in [1.82, 2.24) is 18.8 Å². The van der Waals surface area contributed by atoms with E-state index in [2.05, 4.69) is 9.88 Å². The molecule has 1 saturated heterocycles. The van der Waals surface area contributed by atoms with Crippen LogP contribution >= 0.6 is 11.3 Å². The molecule has 0 bridgehead atoms. The summed E-state index contributed by atoms with van der Waals surface area (Å²) in [6.07, 6.45) is 6.66. The third-order valence-corrected chi connectivity index (χ3v) is 11.1. The van der Waals surface area contributed by atoms with E-state index >= 15 is 0 Å². The van der Waals surface area contributed by atoms with Gasteiger partial charge in [-0.3, -0.25) is 14.2 Å². The molecule has 39 heavy (non-hydrogen) atoms. The van der Waals surface area contributed by atoms with Crippen molar-refractivity contribution in [3.63, 3.8) is 0 Å². The zero-order valence-electron chi connectivity index (χ0n) is 22.6. The van der Waals surface area contributed by atoms with Gasteiger partial charge in [0.1, 0.15) is 22.0 Å². The molecule has 2 aliphatic rings. The number of fused-ring (bicyclic) bond motifs is 1. The predicted molar refractivity (Wildman–Crippen MR) is 152 cm³/mol. The summed E-state index contributed by atoms with van der Waals surface area (Å²) >= 11 is 1.19. The molecule has 3 aromatic rings. The summed E-state index contributed by atoms with van der Waals surface area (Å²) in [6.45, 7) is 3.07. The molecule has 3 heterocycles. The number of hydrogen-bond donors (Lipinski definition) is 0. The van der Waals surface area contributed by atoms with Gasteiger partial charge in [-0.2, -0.15) is 4.31 Å². The van der Waals surface area contributed by atoms with E-state index in [0.717, 1.165) is 37.1 Å². The number of carbonyl (C=O) groups is 1. The summed E-state index contributed by atoms with van der Waals surface area (Å²) in [5.74, 6) is 0.567. The summed E-state index contributed by atoms with van der Waals surface area (Å²) in [4.78, 5) is 35.7. The Morgan fingerprint density at radius 1 is 1.13 bits per heavy atom. The fourth-order valence-electron chi connectivity index (χ4n) is 5.66. The van der Waals surface area contributed by atoms with Crippen molar-refractivity contribution in [3.05, 3.63) is 45.8 Å². The highest BCUT2D eigenvalue weighted by molar-refractivity contribution is 7.89. The van der Waals surface area contributed by atoms with Gasteiger partial charge in [-0.05, 0) is 31.9 Å². The fraction of sp³-hybridized carbons (Fsp3) is 0.519. The zero-order valence-corrected chi connectivity index (χ0v) is 24.3.